The van der Waals surface area contributed by atoms with Gasteiger partial charge in [-0.1, -0.05) is 0 Å². The Morgan fingerprint density at radius 3 is 2.75 bits per heavy atom. The number of aromatic nitrogens is 1. The molecule has 1 aromatic carbocycles. The van der Waals surface area contributed by atoms with Gasteiger partial charge in [-0.25, -0.2) is 4.98 Å². The Morgan fingerprint density at radius 2 is 2.21 bits per heavy atom. The lowest BCUT2D eigenvalue weighted by molar-refractivity contribution is -0.385. The van der Waals surface area contributed by atoms with E-state index in [0.29, 0.717) is 17.3 Å². The van der Waals surface area contributed by atoms with E-state index < -0.39 is 4.92 Å². The summed E-state index contributed by atoms with van der Waals surface area (Å²) in [4.78, 5) is 16.1. The lowest BCUT2D eigenvalue weighted by Gasteiger charge is -2.10. The standard InChI is InChI=1S/C15H18N4O4S/c1-5-23-14-12(19(20)21)6-11(7-13(14)22-4)8-16-18-15-17-9(2)10(3)24-15/h6-8H,5H2,1-4H3,(H,17,18)/b16-8-. The third kappa shape index (κ3) is 3.99. The highest BCUT2D eigenvalue weighted by molar-refractivity contribution is 7.15. The first-order chi connectivity index (χ1) is 11.5. The summed E-state index contributed by atoms with van der Waals surface area (Å²) in [5.41, 5.74) is 4.10. The van der Waals surface area contributed by atoms with Crippen molar-refractivity contribution in [3.63, 3.8) is 0 Å². The van der Waals surface area contributed by atoms with Crippen LogP contribution in [0, 0.1) is 24.0 Å². The molecule has 0 saturated heterocycles. The fraction of sp³-hybridized carbons (Fsp3) is 0.333. The molecule has 0 unspecified atom stereocenters. The first kappa shape index (κ1) is 17.7. The van der Waals surface area contributed by atoms with Crippen molar-refractivity contribution in [3.8, 4) is 11.5 Å². The number of nitrogens with one attached hydrogen (secondary N) is 1. The number of hydrazone groups is 1. The molecule has 1 heterocycles. The van der Waals surface area contributed by atoms with Gasteiger partial charge in [-0.2, -0.15) is 5.10 Å². The highest BCUT2D eigenvalue weighted by atomic mass is 32.1. The van der Waals surface area contributed by atoms with Gasteiger partial charge in [0.05, 0.1) is 30.5 Å². The zero-order valence-electron chi connectivity index (χ0n) is 13.8. The number of ether oxygens (including phenoxy) is 2. The van der Waals surface area contributed by atoms with E-state index in [1.807, 2.05) is 13.8 Å². The largest absolute Gasteiger partial charge is 0.493 e. The molecule has 0 fully saturated rings. The van der Waals surface area contributed by atoms with E-state index in [4.69, 9.17) is 9.47 Å². The molecule has 0 atom stereocenters. The maximum atomic E-state index is 11.3. The van der Waals surface area contributed by atoms with E-state index in [2.05, 4.69) is 15.5 Å². The zero-order valence-corrected chi connectivity index (χ0v) is 14.6. The molecule has 8 nitrogen and oxygen atoms in total. The molecule has 0 radical (unpaired) electrons. The van der Waals surface area contributed by atoms with E-state index in [9.17, 15) is 10.1 Å². The Labute approximate surface area is 143 Å². The quantitative estimate of drug-likeness (QED) is 0.466. The predicted molar refractivity (Wildman–Crippen MR) is 93.6 cm³/mol. The first-order valence-corrected chi connectivity index (χ1v) is 8.00. The second-order valence-corrected chi connectivity index (χ2v) is 6.00. The van der Waals surface area contributed by atoms with Crippen molar-refractivity contribution in [2.45, 2.75) is 20.8 Å². The molecule has 0 spiro atoms. The Balaban J connectivity index is 2.27. The first-order valence-electron chi connectivity index (χ1n) is 7.18. The summed E-state index contributed by atoms with van der Waals surface area (Å²) in [6, 6.07) is 3.01. The molecular weight excluding hydrogens is 332 g/mol. The van der Waals surface area contributed by atoms with Crippen LogP contribution in [0.4, 0.5) is 10.8 Å². The van der Waals surface area contributed by atoms with Crippen LogP contribution in [0.25, 0.3) is 0 Å². The van der Waals surface area contributed by atoms with Crippen molar-refractivity contribution in [2.24, 2.45) is 5.10 Å². The minimum Gasteiger partial charge on any atom is -0.493 e. The Hall–Kier alpha value is -2.68. The van der Waals surface area contributed by atoms with Gasteiger partial charge in [0.25, 0.3) is 0 Å². The summed E-state index contributed by atoms with van der Waals surface area (Å²) in [5, 5.41) is 16.0. The molecule has 0 amide bonds. The molecule has 1 N–H and O–H groups in total. The molecule has 24 heavy (non-hydrogen) atoms. The van der Waals surface area contributed by atoms with Crippen LogP contribution in [-0.2, 0) is 0 Å². The number of nitro groups is 1. The lowest BCUT2D eigenvalue weighted by atomic mass is 10.2. The van der Waals surface area contributed by atoms with Crippen LogP contribution in [0.2, 0.25) is 0 Å². The van der Waals surface area contributed by atoms with Crippen molar-refractivity contribution in [3.05, 3.63) is 38.4 Å². The second-order valence-electron chi connectivity index (χ2n) is 4.79. The number of nitro benzene ring substituents is 1. The maximum Gasteiger partial charge on any atom is 0.315 e. The molecule has 128 valence electrons. The molecular formula is C15H18N4O4S. The van der Waals surface area contributed by atoms with E-state index >= 15 is 0 Å². The highest BCUT2D eigenvalue weighted by Gasteiger charge is 2.21. The average Bonchev–Trinajstić information content (AvgIpc) is 2.86. The van der Waals surface area contributed by atoms with E-state index in [1.54, 1.807) is 13.0 Å². The van der Waals surface area contributed by atoms with Gasteiger partial charge in [-0.15, -0.1) is 11.3 Å². The summed E-state index contributed by atoms with van der Waals surface area (Å²) < 4.78 is 10.5. The number of thiazole rings is 1. The average molecular weight is 350 g/mol. The van der Waals surface area contributed by atoms with Crippen LogP contribution in [0.3, 0.4) is 0 Å². The SMILES string of the molecule is CCOc1c(OC)cc(/C=N\Nc2nc(C)c(C)s2)cc1[N+](=O)[O-]. The molecule has 0 aliphatic carbocycles. The molecule has 0 aliphatic heterocycles. The normalized spacial score (nSPS) is 10.8. The van der Waals surface area contributed by atoms with Crippen molar-refractivity contribution in [1.82, 2.24) is 4.98 Å². The van der Waals surface area contributed by atoms with Crippen molar-refractivity contribution < 1.29 is 14.4 Å². The topological polar surface area (TPSA) is 98.9 Å². The third-order valence-corrected chi connectivity index (χ3v) is 4.14. The third-order valence-electron chi connectivity index (χ3n) is 3.17. The molecule has 0 bridgehead atoms. The fourth-order valence-corrected chi connectivity index (χ4v) is 2.71. The molecule has 0 saturated carbocycles. The fourth-order valence-electron chi connectivity index (χ4n) is 1.94. The summed E-state index contributed by atoms with van der Waals surface area (Å²) in [6.07, 6.45) is 1.47. The van der Waals surface area contributed by atoms with Crippen LogP contribution in [0.5, 0.6) is 11.5 Å². The van der Waals surface area contributed by atoms with Gasteiger partial charge in [0.2, 0.25) is 10.9 Å². The van der Waals surface area contributed by atoms with Crippen LogP contribution >= 0.6 is 11.3 Å². The molecule has 2 rings (SSSR count). The molecule has 9 heteroatoms. The molecule has 1 aromatic heterocycles. The number of aryl methyl sites for hydroxylation is 2. The Morgan fingerprint density at radius 1 is 1.46 bits per heavy atom. The number of rotatable bonds is 7. The monoisotopic (exact) mass is 350 g/mol. The van der Waals surface area contributed by atoms with Gasteiger partial charge in [-0.05, 0) is 26.8 Å². The predicted octanol–water partition coefficient (Wildman–Crippen LogP) is 3.52. The number of hydrogen-bond acceptors (Lipinski definition) is 8. The molecule has 2 aromatic rings. The zero-order chi connectivity index (χ0) is 17.7. The van der Waals surface area contributed by atoms with Gasteiger partial charge in [0.15, 0.2) is 5.75 Å². The minimum absolute atomic E-state index is 0.112. The maximum absolute atomic E-state index is 11.3. The summed E-state index contributed by atoms with van der Waals surface area (Å²) in [5.74, 6) is 0.398. The van der Waals surface area contributed by atoms with Gasteiger partial charge in [0, 0.05) is 16.5 Å². The minimum atomic E-state index is -0.508. The summed E-state index contributed by atoms with van der Waals surface area (Å²) in [6.45, 7) is 5.94. The van der Waals surface area contributed by atoms with Crippen molar-refractivity contribution in [1.29, 1.82) is 0 Å². The number of anilines is 1. The van der Waals surface area contributed by atoms with Gasteiger partial charge < -0.3 is 9.47 Å². The number of benzene rings is 1. The highest BCUT2D eigenvalue weighted by Crippen LogP contribution is 2.37. The van der Waals surface area contributed by atoms with Crippen molar-refractivity contribution in [2.75, 3.05) is 19.1 Å². The lowest BCUT2D eigenvalue weighted by Crippen LogP contribution is -2.02. The van der Waals surface area contributed by atoms with Crippen LogP contribution in [0.15, 0.2) is 17.2 Å². The van der Waals surface area contributed by atoms with E-state index in [-0.39, 0.29) is 17.2 Å². The van der Waals surface area contributed by atoms with Crippen LogP contribution in [0.1, 0.15) is 23.1 Å². The van der Waals surface area contributed by atoms with Crippen molar-refractivity contribution >= 4 is 28.4 Å². The number of methoxy groups -OCH3 is 1. The summed E-state index contributed by atoms with van der Waals surface area (Å²) >= 11 is 1.49. The van der Waals surface area contributed by atoms with Crippen LogP contribution in [-0.4, -0.2) is 29.8 Å². The Bertz CT molecular complexity index is 754. The van der Waals surface area contributed by atoms with E-state index in [1.165, 1.54) is 30.7 Å². The van der Waals surface area contributed by atoms with Gasteiger partial charge >= 0.3 is 5.69 Å². The smallest absolute Gasteiger partial charge is 0.315 e. The number of nitrogens with zero attached hydrogens (tertiary/aromatic N) is 3. The molecule has 0 aliphatic rings. The van der Waals surface area contributed by atoms with Crippen LogP contribution < -0.4 is 14.9 Å². The van der Waals surface area contributed by atoms with Gasteiger partial charge in [-0.3, -0.25) is 15.5 Å². The van der Waals surface area contributed by atoms with E-state index in [0.717, 1.165) is 10.6 Å². The second kappa shape index (κ2) is 7.73. The number of hydrogen-bond donors (Lipinski definition) is 1. The summed E-state index contributed by atoms with van der Waals surface area (Å²) in [7, 11) is 1.43. The Kier molecular flexibility index (Phi) is 5.69. The van der Waals surface area contributed by atoms with Gasteiger partial charge in [0.1, 0.15) is 0 Å².